The van der Waals surface area contributed by atoms with E-state index in [1.807, 2.05) is 6.07 Å². The standard InChI is InChI=1S/C15H18N2/c1-15(2)9-14(15)16-10-12-8-7-11-5-3-4-6-13(11)17-12/h3-8,14,16H,9-10H2,1-2H3. The molecule has 2 nitrogen and oxygen atoms in total. The van der Waals surface area contributed by atoms with Crippen LogP contribution in [0.1, 0.15) is 26.0 Å². The molecule has 0 aliphatic heterocycles. The second-order valence-electron chi connectivity index (χ2n) is 5.62. The maximum absolute atomic E-state index is 4.66. The molecule has 2 aromatic rings. The number of nitrogens with zero attached hydrogens (tertiary/aromatic N) is 1. The van der Waals surface area contributed by atoms with Crippen LogP contribution in [-0.2, 0) is 6.54 Å². The molecule has 1 aromatic heterocycles. The second-order valence-corrected chi connectivity index (χ2v) is 5.62. The quantitative estimate of drug-likeness (QED) is 0.869. The molecule has 0 spiro atoms. The molecule has 0 bridgehead atoms. The highest BCUT2D eigenvalue weighted by molar-refractivity contribution is 5.78. The zero-order chi connectivity index (χ0) is 11.9. The molecule has 1 atom stereocenters. The summed E-state index contributed by atoms with van der Waals surface area (Å²) in [7, 11) is 0. The molecule has 1 aromatic carbocycles. The van der Waals surface area contributed by atoms with Crippen LogP contribution in [0, 0.1) is 5.41 Å². The number of hydrogen-bond donors (Lipinski definition) is 1. The van der Waals surface area contributed by atoms with Gasteiger partial charge in [-0.1, -0.05) is 38.1 Å². The van der Waals surface area contributed by atoms with Crippen LogP contribution in [0.4, 0.5) is 0 Å². The number of para-hydroxylation sites is 1. The number of rotatable bonds is 3. The number of benzene rings is 1. The third kappa shape index (κ3) is 2.18. The first kappa shape index (κ1) is 10.7. The highest BCUT2D eigenvalue weighted by Gasteiger charge is 2.44. The first-order valence-electron chi connectivity index (χ1n) is 6.23. The molecule has 1 fully saturated rings. The lowest BCUT2D eigenvalue weighted by Gasteiger charge is -2.07. The van der Waals surface area contributed by atoms with Gasteiger partial charge in [0, 0.05) is 18.0 Å². The highest BCUT2D eigenvalue weighted by Crippen LogP contribution is 2.44. The van der Waals surface area contributed by atoms with Crippen molar-refractivity contribution in [2.75, 3.05) is 0 Å². The molecule has 1 N–H and O–H groups in total. The Kier molecular flexibility index (Phi) is 2.40. The van der Waals surface area contributed by atoms with E-state index in [0.717, 1.165) is 17.8 Å². The van der Waals surface area contributed by atoms with Crippen molar-refractivity contribution in [2.24, 2.45) is 5.41 Å². The molecule has 0 saturated heterocycles. The fourth-order valence-corrected chi connectivity index (χ4v) is 2.25. The Bertz CT molecular complexity index is 545. The van der Waals surface area contributed by atoms with Crippen LogP contribution in [0.2, 0.25) is 0 Å². The molecule has 2 heteroatoms. The maximum Gasteiger partial charge on any atom is 0.0705 e. The molecular formula is C15H18N2. The minimum absolute atomic E-state index is 0.483. The van der Waals surface area contributed by atoms with Crippen LogP contribution < -0.4 is 5.32 Å². The third-order valence-corrected chi connectivity index (χ3v) is 3.70. The van der Waals surface area contributed by atoms with Gasteiger partial charge in [-0.05, 0) is 24.0 Å². The second kappa shape index (κ2) is 3.81. The molecule has 1 unspecified atom stereocenters. The van der Waals surface area contributed by atoms with E-state index in [4.69, 9.17) is 0 Å². The van der Waals surface area contributed by atoms with E-state index in [1.54, 1.807) is 0 Å². The van der Waals surface area contributed by atoms with Gasteiger partial charge in [-0.2, -0.15) is 0 Å². The van der Waals surface area contributed by atoms with Gasteiger partial charge in [0.1, 0.15) is 0 Å². The summed E-state index contributed by atoms with van der Waals surface area (Å²) < 4.78 is 0. The van der Waals surface area contributed by atoms with Gasteiger partial charge in [-0.25, -0.2) is 0 Å². The maximum atomic E-state index is 4.66. The van der Waals surface area contributed by atoms with E-state index in [0.29, 0.717) is 11.5 Å². The number of aromatic nitrogens is 1. The fourth-order valence-electron chi connectivity index (χ4n) is 2.25. The third-order valence-electron chi connectivity index (χ3n) is 3.70. The summed E-state index contributed by atoms with van der Waals surface area (Å²) in [5.74, 6) is 0. The normalized spacial score (nSPS) is 21.6. The SMILES string of the molecule is CC1(C)CC1NCc1ccc2ccccc2n1. The topological polar surface area (TPSA) is 24.9 Å². The van der Waals surface area contributed by atoms with Crippen LogP contribution >= 0.6 is 0 Å². The first-order valence-corrected chi connectivity index (χ1v) is 6.23. The Hall–Kier alpha value is -1.41. The van der Waals surface area contributed by atoms with Crippen LogP contribution in [0.25, 0.3) is 10.9 Å². The van der Waals surface area contributed by atoms with Crippen LogP contribution in [0.5, 0.6) is 0 Å². The van der Waals surface area contributed by atoms with E-state index in [1.165, 1.54) is 11.8 Å². The van der Waals surface area contributed by atoms with Gasteiger partial charge in [0.2, 0.25) is 0 Å². The zero-order valence-electron chi connectivity index (χ0n) is 10.4. The van der Waals surface area contributed by atoms with Crippen molar-refractivity contribution in [1.29, 1.82) is 0 Å². The minimum Gasteiger partial charge on any atom is -0.308 e. The summed E-state index contributed by atoms with van der Waals surface area (Å²) >= 11 is 0. The van der Waals surface area contributed by atoms with Crippen molar-refractivity contribution >= 4 is 10.9 Å². The van der Waals surface area contributed by atoms with Gasteiger partial charge in [-0.3, -0.25) is 4.98 Å². The minimum atomic E-state index is 0.483. The summed E-state index contributed by atoms with van der Waals surface area (Å²) in [4.78, 5) is 4.66. The van der Waals surface area contributed by atoms with Gasteiger partial charge < -0.3 is 5.32 Å². The summed E-state index contributed by atoms with van der Waals surface area (Å²) in [5, 5.41) is 4.78. The smallest absolute Gasteiger partial charge is 0.0705 e. The summed E-state index contributed by atoms with van der Waals surface area (Å²) in [6.45, 7) is 5.48. The lowest BCUT2D eigenvalue weighted by Crippen LogP contribution is -2.20. The summed E-state index contributed by atoms with van der Waals surface area (Å²) in [6, 6.07) is 13.2. The van der Waals surface area contributed by atoms with E-state index < -0.39 is 0 Å². The molecule has 1 aliphatic carbocycles. The Balaban J connectivity index is 1.73. The van der Waals surface area contributed by atoms with E-state index in [2.05, 4.69) is 54.5 Å². The van der Waals surface area contributed by atoms with Gasteiger partial charge >= 0.3 is 0 Å². The lowest BCUT2D eigenvalue weighted by molar-refractivity contribution is 0.539. The average Bonchev–Trinajstić information content (AvgIpc) is 2.94. The number of nitrogens with one attached hydrogen (secondary N) is 1. The Morgan fingerprint density at radius 2 is 2.00 bits per heavy atom. The molecule has 3 rings (SSSR count). The summed E-state index contributed by atoms with van der Waals surface area (Å²) in [6.07, 6.45) is 1.28. The Morgan fingerprint density at radius 3 is 2.76 bits per heavy atom. The van der Waals surface area contributed by atoms with Crippen molar-refractivity contribution < 1.29 is 0 Å². The molecule has 17 heavy (non-hydrogen) atoms. The number of fused-ring (bicyclic) bond motifs is 1. The number of hydrogen-bond acceptors (Lipinski definition) is 2. The van der Waals surface area contributed by atoms with Crippen molar-refractivity contribution in [3.05, 3.63) is 42.1 Å². The van der Waals surface area contributed by atoms with Crippen molar-refractivity contribution in [3.63, 3.8) is 0 Å². The molecule has 0 radical (unpaired) electrons. The van der Waals surface area contributed by atoms with E-state index >= 15 is 0 Å². The predicted molar refractivity (Wildman–Crippen MR) is 70.8 cm³/mol. The van der Waals surface area contributed by atoms with Crippen LogP contribution in [-0.4, -0.2) is 11.0 Å². The Morgan fingerprint density at radius 1 is 1.24 bits per heavy atom. The molecule has 0 amide bonds. The van der Waals surface area contributed by atoms with Crippen LogP contribution in [0.3, 0.4) is 0 Å². The zero-order valence-corrected chi connectivity index (χ0v) is 10.4. The largest absolute Gasteiger partial charge is 0.308 e. The molecule has 1 heterocycles. The Labute approximate surface area is 102 Å². The van der Waals surface area contributed by atoms with Crippen LogP contribution in [0.15, 0.2) is 36.4 Å². The molecular weight excluding hydrogens is 208 g/mol. The van der Waals surface area contributed by atoms with Crippen molar-refractivity contribution in [2.45, 2.75) is 32.9 Å². The fraction of sp³-hybridized carbons (Fsp3) is 0.400. The van der Waals surface area contributed by atoms with E-state index in [-0.39, 0.29) is 0 Å². The monoisotopic (exact) mass is 226 g/mol. The first-order chi connectivity index (χ1) is 8.15. The molecule has 88 valence electrons. The lowest BCUT2D eigenvalue weighted by atomic mass is 10.2. The van der Waals surface area contributed by atoms with E-state index in [9.17, 15) is 0 Å². The van der Waals surface area contributed by atoms with Gasteiger partial charge in [0.25, 0.3) is 0 Å². The van der Waals surface area contributed by atoms with Gasteiger partial charge in [0.15, 0.2) is 0 Å². The molecule has 1 aliphatic rings. The van der Waals surface area contributed by atoms with Crippen molar-refractivity contribution in [3.8, 4) is 0 Å². The molecule has 1 saturated carbocycles. The van der Waals surface area contributed by atoms with Crippen molar-refractivity contribution in [1.82, 2.24) is 10.3 Å². The average molecular weight is 226 g/mol. The highest BCUT2D eigenvalue weighted by atomic mass is 15.0. The van der Waals surface area contributed by atoms with Gasteiger partial charge in [-0.15, -0.1) is 0 Å². The predicted octanol–water partition coefficient (Wildman–Crippen LogP) is 3.12. The van der Waals surface area contributed by atoms with Gasteiger partial charge in [0.05, 0.1) is 11.2 Å². The number of pyridine rings is 1. The summed E-state index contributed by atoms with van der Waals surface area (Å²) in [5.41, 5.74) is 2.70.